The van der Waals surface area contributed by atoms with E-state index in [1.54, 1.807) is 6.07 Å². The maximum atomic E-state index is 13.8. The Labute approximate surface area is 150 Å². The van der Waals surface area contributed by atoms with Crippen LogP contribution in [-0.4, -0.2) is 25.1 Å². The molecule has 0 aliphatic carbocycles. The number of halogens is 2. The number of methoxy groups -OCH3 is 2. The molecule has 0 unspecified atom stereocenters. The molecule has 0 radical (unpaired) electrons. The van der Waals surface area contributed by atoms with Gasteiger partial charge in [-0.05, 0) is 12.1 Å². The summed E-state index contributed by atoms with van der Waals surface area (Å²) in [7, 11) is 2.64. The summed E-state index contributed by atoms with van der Waals surface area (Å²) in [5.41, 5.74) is -0.682. The number of hydrogen-bond acceptors (Lipinski definition) is 6. The zero-order chi connectivity index (χ0) is 18.6. The SMILES string of the molecule is COc1cc(C(=O)OCc2ccc(Br)cc2F)c([N+](=O)[O-])cc1OC. The lowest BCUT2D eigenvalue weighted by Crippen LogP contribution is -2.10. The standard InChI is InChI=1S/C16H13BrFNO6/c1-23-14-6-11(13(19(21)22)7-15(14)24-2)16(20)25-8-9-3-4-10(17)5-12(9)18/h3-7H,8H2,1-2H3. The Bertz CT molecular complexity index is 827. The Hall–Kier alpha value is -2.68. The summed E-state index contributed by atoms with van der Waals surface area (Å²) >= 11 is 3.12. The summed E-state index contributed by atoms with van der Waals surface area (Å²) in [6.45, 7) is -0.372. The van der Waals surface area contributed by atoms with Crippen LogP contribution in [0.3, 0.4) is 0 Å². The van der Waals surface area contributed by atoms with Gasteiger partial charge in [-0.2, -0.15) is 0 Å². The third kappa shape index (κ3) is 4.24. The molecule has 0 atom stereocenters. The Morgan fingerprint density at radius 1 is 1.20 bits per heavy atom. The maximum absolute atomic E-state index is 13.8. The van der Waals surface area contributed by atoms with Gasteiger partial charge in [0.2, 0.25) is 0 Å². The highest BCUT2D eigenvalue weighted by Crippen LogP contribution is 2.35. The Morgan fingerprint density at radius 2 is 1.84 bits per heavy atom. The zero-order valence-corrected chi connectivity index (χ0v) is 14.8. The summed E-state index contributed by atoms with van der Waals surface area (Å²) in [4.78, 5) is 22.7. The fourth-order valence-corrected chi connectivity index (χ4v) is 2.38. The molecule has 0 saturated heterocycles. The molecule has 7 nitrogen and oxygen atoms in total. The molecule has 0 fully saturated rings. The highest BCUT2D eigenvalue weighted by atomic mass is 79.9. The molecule has 0 bridgehead atoms. The number of rotatable bonds is 6. The van der Waals surface area contributed by atoms with Crippen molar-refractivity contribution >= 4 is 27.6 Å². The van der Waals surface area contributed by atoms with Gasteiger partial charge in [0.15, 0.2) is 11.5 Å². The Balaban J connectivity index is 2.29. The summed E-state index contributed by atoms with van der Waals surface area (Å²) in [5.74, 6) is -1.31. The molecule has 25 heavy (non-hydrogen) atoms. The van der Waals surface area contributed by atoms with Crippen LogP contribution < -0.4 is 9.47 Å². The molecule has 2 rings (SSSR count). The fraction of sp³-hybridized carbons (Fsp3) is 0.188. The molecule has 132 valence electrons. The second kappa shape index (κ2) is 7.93. The lowest BCUT2D eigenvalue weighted by atomic mass is 10.1. The molecule has 0 spiro atoms. The van der Waals surface area contributed by atoms with E-state index >= 15 is 0 Å². The summed E-state index contributed by atoms with van der Waals surface area (Å²) in [5, 5.41) is 11.2. The van der Waals surface area contributed by atoms with Crippen molar-refractivity contribution in [1.82, 2.24) is 0 Å². The van der Waals surface area contributed by atoms with Gasteiger partial charge in [-0.3, -0.25) is 10.1 Å². The third-order valence-corrected chi connectivity index (χ3v) is 3.79. The van der Waals surface area contributed by atoms with Crippen molar-refractivity contribution in [2.45, 2.75) is 6.61 Å². The topological polar surface area (TPSA) is 87.9 Å². The van der Waals surface area contributed by atoms with Crippen LogP contribution in [0.1, 0.15) is 15.9 Å². The Morgan fingerprint density at radius 3 is 2.40 bits per heavy atom. The minimum absolute atomic E-state index is 0.102. The minimum atomic E-state index is -0.977. The number of hydrogen-bond donors (Lipinski definition) is 0. The van der Waals surface area contributed by atoms with Crippen molar-refractivity contribution in [2.24, 2.45) is 0 Å². The number of nitrogens with zero attached hydrogens (tertiary/aromatic N) is 1. The molecular formula is C16H13BrFNO6. The molecule has 0 N–H and O–H groups in total. The van der Waals surface area contributed by atoms with Crippen LogP contribution in [0.25, 0.3) is 0 Å². The predicted molar refractivity (Wildman–Crippen MR) is 89.4 cm³/mol. The van der Waals surface area contributed by atoms with E-state index in [9.17, 15) is 19.3 Å². The van der Waals surface area contributed by atoms with Crippen molar-refractivity contribution < 1.29 is 28.3 Å². The molecule has 0 aliphatic heterocycles. The minimum Gasteiger partial charge on any atom is -0.493 e. The number of ether oxygens (including phenoxy) is 3. The number of benzene rings is 2. The van der Waals surface area contributed by atoms with Gasteiger partial charge in [0, 0.05) is 16.1 Å². The van der Waals surface area contributed by atoms with Crippen LogP contribution >= 0.6 is 15.9 Å². The van der Waals surface area contributed by atoms with E-state index in [0.717, 1.165) is 12.1 Å². The zero-order valence-electron chi connectivity index (χ0n) is 13.2. The van der Waals surface area contributed by atoms with Crippen LogP contribution in [0.15, 0.2) is 34.8 Å². The van der Waals surface area contributed by atoms with Crippen molar-refractivity contribution in [2.75, 3.05) is 14.2 Å². The number of carbonyl (C=O) groups is 1. The monoisotopic (exact) mass is 413 g/mol. The Kier molecular flexibility index (Phi) is 5.92. The van der Waals surface area contributed by atoms with E-state index < -0.39 is 22.4 Å². The predicted octanol–water partition coefficient (Wildman–Crippen LogP) is 3.87. The highest BCUT2D eigenvalue weighted by Gasteiger charge is 2.26. The van der Waals surface area contributed by atoms with E-state index in [0.29, 0.717) is 4.47 Å². The molecule has 9 heteroatoms. The van der Waals surface area contributed by atoms with Crippen molar-refractivity contribution in [3.63, 3.8) is 0 Å². The second-order valence-electron chi connectivity index (χ2n) is 4.79. The highest BCUT2D eigenvalue weighted by molar-refractivity contribution is 9.10. The first kappa shape index (κ1) is 18.7. The fourth-order valence-electron chi connectivity index (χ4n) is 2.04. The molecule has 2 aromatic carbocycles. The number of nitro benzene ring substituents is 1. The van der Waals surface area contributed by atoms with Gasteiger partial charge in [-0.15, -0.1) is 0 Å². The lowest BCUT2D eigenvalue weighted by Gasteiger charge is -2.11. The maximum Gasteiger partial charge on any atom is 0.345 e. The molecule has 0 aliphatic rings. The van der Waals surface area contributed by atoms with Gasteiger partial charge < -0.3 is 14.2 Å². The first-order chi connectivity index (χ1) is 11.9. The third-order valence-electron chi connectivity index (χ3n) is 3.29. The van der Waals surface area contributed by atoms with Gasteiger partial charge in [0.1, 0.15) is 18.0 Å². The number of esters is 1. The summed E-state index contributed by atoms with van der Waals surface area (Å²) in [6.07, 6.45) is 0. The molecule has 2 aromatic rings. The van der Waals surface area contributed by atoms with Gasteiger partial charge in [0.05, 0.1) is 25.2 Å². The largest absolute Gasteiger partial charge is 0.493 e. The van der Waals surface area contributed by atoms with Crippen molar-refractivity contribution in [3.05, 3.63) is 61.9 Å². The normalized spacial score (nSPS) is 10.2. The average molecular weight is 414 g/mol. The molecule has 0 heterocycles. The van der Waals surface area contributed by atoms with Crippen LogP contribution in [0.4, 0.5) is 10.1 Å². The van der Waals surface area contributed by atoms with Crippen LogP contribution in [-0.2, 0) is 11.3 Å². The van der Waals surface area contributed by atoms with Crippen molar-refractivity contribution in [3.8, 4) is 11.5 Å². The van der Waals surface area contributed by atoms with Crippen LogP contribution in [0.2, 0.25) is 0 Å². The smallest absolute Gasteiger partial charge is 0.345 e. The van der Waals surface area contributed by atoms with E-state index in [4.69, 9.17) is 14.2 Å². The van der Waals surface area contributed by atoms with Gasteiger partial charge in [-0.1, -0.05) is 22.0 Å². The summed E-state index contributed by atoms with van der Waals surface area (Å²) < 4.78 is 29.3. The molecule has 0 amide bonds. The van der Waals surface area contributed by atoms with Crippen LogP contribution in [0.5, 0.6) is 11.5 Å². The van der Waals surface area contributed by atoms with Crippen molar-refractivity contribution in [1.29, 1.82) is 0 Å². The van der Waals surface area contributed by atoms with Gasteiger partial charge >= 0.3 is 5.97 Å². The first-order valence-corrected chi connectivity index (χ1v) is 7.68. The van der Waals surface area contributed by atoms with Crippen LogP contribution in [0, 0.1) is 15.9 Å². The van der Waals surface area contributed by atoms with E-state index in [1.165, 1.54) is 26.4 Å². The average Bonchev–Trinajstić information content (AvgIpc) is 2.59. The lowest BCUT2D eigenvalue weighted by molar-refractivity contribution is -0.385. The van der Waals surface area contributed by atoms with E-state index in [1.807, 2.05) is 0 Å². The number of carbonyl (C=O) groups excluding carboxylic acids is 1. The van der Waals surface area contributed by atoms with Gasteiger partial charge in [0.25, 0.3) is 5.69 Å². The molecular weight excluding hydrogens is 401 g/mol. The molecule has 0 saturated carbocycles. The summed E-state index contributed by atoms with van der Waals surface area (Å²) in [6, 6.07) is 6.47. The second-order valence-corrected chi connectivity index (χ2v) is 5.71. The van der Waals surface area contributed by atoms with E-state index in [2.05, 4.69) is 15.9 Å². The quantitative estimate of drug-likeness (QED) is 0.405. The first-order valence-electron chi connectivity index (χ1n) is 6.88. The number of nitro groups is 1. The van der Waals surface area contributed by atoms with E-state index in [-0.39, 0.29) is 29.2 Å². The van der Waals surface area contributed by atoms with Gasteiger partial charge in [-0.25, -0.2) is 9.18 Å². The molecule has 0 aromatic heterocycles.